The molecule has 194 valence electrons. The second-order valence-corrected chi connectivity index (χ2v) is 9.77. The first kappa shape index (κ1) is 26.7. The molecule has 0 aliphatic heterocycles. The van der Waals surface area contributed by atoms with E-state index in [2.05, 4.69) is 43.9 Å². The summed E-state index contributed by atoms with van der Waals surface area (Å²) in [6, 6.07) is 23.9. The van der Waals surface area contributed by atoms with Crippen LogP contribution in [-0.2, 0) is 0 Å². The molecule has 4 rings (SSSR count). The van der Waals surface area contributed by atoms with Crippen LogP contribution in [0.2, 0.25) is 0 Å². The molecular formula is C33H40N2O2. The van der Waals surface area contributed by atoms with Crippen molar-refractivity contribution in [2.24, 2.45) is 0 Å². The topological polar surface area (TPSA) is 34.0 Å². The summed E-state index contributed by atoms with van der Waals surface area (Å²) in [6.45, 7) is 10.7. The van der Waals surface area contributed by atoms with Crippen molar-refractivity contribution in [1.29, 1.82) is 0 Å². The molecule has 4 aromatic rings. The summed E-state index contributed by atoms with van der Waals surface area (Å²) in [5, 5.41) is 0. The Balaban J connectivity index is 1.46. The lowest BCUT2D eigenvalue weighted by Crippen LogP contribution is -2.28. The molecule has 2 aromatic carbocycles. The average Bonchev–Trinajstić information content (AvgIpc) is 3.24. The highest BCUT2D eigenvalue weighted by Crippen LogP contribution is 2.34. The monoisotopic (exact) mass is 496 g/mol. The van der Waals surface area contributed by atoms with Crippen LogP contribution in [0.25, 0.3) is 16.6 Å². The van der Waals surface area contributed by atoms with E-state index in [-0.39, 0.29) is 5.78 Å². The predicted octanol–water partition coefficient (Wildman–Crippen LogP) is 7.82. The molecule has 0 saturated heterocycles. The number of unbranched alkanes of at least 4 members (excludes halogenated alkanes) is 2. The average molecular weight is 497 g/mol. The van der Waals surface area contributed by atoms with Crippen molar-refractivity contribution in [2.75, 3.05) is 26.2 Å². The van der Waals surface area contributed by atoms with Gasteiger partial charge in [-0.15, -0.1) is 0 Å². The molecule has 2 aromatic heterocycles. The second-order valence-electron chi connectivity index (χ2n) is 9.77. The van der Waals surface area contributed by atoms with Crippen molar-refractivity contribution in [2.45, 2.75) is 52.9 Å². The Hall–Kier alpha value is -3.37. The van der Waals surface area contributed by atoms with Gasteiger partial charge in [0.2, 0.25) is 5.78 Å². The minimum atomic E-state index is 0.0159. The van der Waals surface area contributed by atoms with Gasteiger partial charge in [0, 0.05) is 29.4 Å². The number of aryl methyl sites for hydroxylation is 1. The number of hydrogen-bond acceptors (Lipinski definition) is 3. The van der Waals surface area contributed by atoms with Crippen molar-refractivity contribution in [3.05, 3.63) is 95.8 Å². The summed E-state index contributed by atoms with van der Waals surface area (Å²) < 4.78 is 8.05. The largest absolute Gasteiger partial charge is 0.494 e. The number of aromatic nitrogens is 1. The summed E-state index contributed by atoms with van der Waals surface area (Å²) >= 11 is 0. The number of pyridine rings is 1. The van der Waals surface area contributed by atoms with Crippen LogP contribution in [0.5, 0.6) is 5.75 Å². The summed E-state index contributed by atoms with van der Waals surface area (Å²) in [5.41, 5.74) is 5.58. The van der Waals surface area contributed by atoms with E-state index in [1.54, 1.807) is 0 Å². The van der Waals surface area contributed by atoms with E-state index in [1.807, 2.05) is 65.2 Å². The van der Waals surface area contributed by atoms with Gasteiger partial charge in [-0.2, -0.15) is 0 Å². The Bertz CT molecular complexity index is 1270. The van der Waals surface area contributed by atoms with E-state index in [4.69, 9.17) is 4.74 Å². The molecule has 0 N–H and O–H groups in total. The molecule has 0 fully saturated rings. The molecular weight excluding hydrogens is 456 g/mol. The van der Waals surface area contributed by atoms with Crippen LogP contribution in [0.15, 0.2) is 79.0 Å². The minimum absolute atomic E-state index is 0.0159. The normalized spacial score (nSPS) is 11.4. The van der Waals surface area contributed by atoms with E-state index in [0.29, 0.717) is 17.9 Å². The van der Waals surface area contributed by atoms with Crippen LogP contribution in [-0.4, -0.2) is 41.3 Å². The first-order valence-electron chi connectivity index (χ1n) is 13.8. The molecule has 0 aliphatic rings. The number of rotatable bonds is 14. The number of carbonyl (C=O) groups excluding carboxylic acids is 1. The Morgan fingerprint density at radius 2 is 1.46 bits per heavy atom. The maximum Gasteiger partial charge on any atom is 0.210 e. The van der Waals surface area contributed by atoms with Crippen LogP contribution >= 0.6 is 0 Å². The highest BCUT2D eigenvalue weighted by molar-refractivity contribution is 6.13. The van der Waals surface area contributed by atoms with Crippen LogP contribution in [0.1, 0.15) is 67.6 Å². The van der Waals surface area contributed by atoms with E-state index in [9.17, 15) is 4.79 Å². The first-order valence-corrected chi connectivity index (χ1v) is 13.8. The van der Waals surface area contributed by atoms with Crippen molar-refractivity contribution in [1.82, 2.24) is 9.30 Å². The fraction of sp³-hybridized carbons (Fsp3) is 0.364. The second kappa shape index (κ2) is 13.3. The Morgan fingerprint density at radius 1 is 0.811 bits per heavy atom. The van der Waals surface area contributed by atoms with Gasteiger partial charge in [-0.1, -0.05) is 63.1 Å². The molecule has 4 nitrogen and oxygen atoms in total. The molecule has 0 saturated carbocycles. The van der Waals surface area contributed by atoms with Crippen LogP contribution in [0, 0.1) is 6.92 Å². The highest BCUT2D eigenvalue weighted by Gasteiger charge is 2.23. The van der Waals surface area contributed by atoms with Crippen LogP contribution in [0.3, 0.4) is 0 Å². The van der Waals surface area contributed by atoms with Crippen LogP contribution in [0.4, 0.5) is 0 Å². The third-order valence-corrected chi connectivity index (χ3v) is 7.03. The maximum absolute atomic E-state index is 13.8. The fourth-order valence-electron chi connectivity index (χ4n) is 4.97. The lowest BCUT2D eigenvalue weighted by Gasteiger charge is -2.21. The third-order valence-electron chi connectivity index (χ3n) is 7.03. The van der Waals surface area contributed by atoms with Gasteiger partial charge in [0.05, 0.1) is 6.61 Å². The molecule has 0 radical (unpaired) electrons. The smallest absolute Gasteiger partial charge is 0.210 e. The number of carbonyl (C=O) groups is 1. The first-order chi connectivity index (χ1) is 18.1. The van der Waals surface area contributed by atoms with Gasteiger partial charge in [0.1, 0.15) is 11.4 Å². The van der Waals surface area contributed by atoms with E-state index >= 15 is 0 Å². The number of nitrogens with zero attached hydrogens (tertiary/aromatic N) is 2. The summed E-state index contributed by atoms with van der Waals surface area (Å²) in [6.07, 6.45) is 7.95. The molecule has 37 heavy (non-hydrogen) atoms. The zero-order valence-corrected chi connectivity index (χ0v) is 22.6. The minimum Gasteiger partial charge on any atom is -0.494 e. The number of hydrogen-bond donors (Lipinski definition) is 0. The molecule has 0 spiro atoms. The van der Waals surface area contributed by atoms with E-state index < -0.39 is 0 Å². The molecule has 4 heteroatoms. The summed E-state index contributed by atoms with van der Waals surface area (Å²) in [5.74, 6) is 0.826. The lowest BCUT2D eigenvalue weighted by molar-refractivity contribution is 0.103. The van der Waals surface area contributed by atoms with Crippen molar-refractivity contribution >= 4 is 11.3 Å². The Kier molecular flexibility index (Phi) is 9.56. The number of fused-ring (bicyclic) bond motifs is 1. The van der Waals surface area contributed by atoms with Crippen molar-refractivity contribution in [3.8, 4) is 16.9 Å². The van der Waals surface area contributed by atoms with Gasteiger partial charge in [-0.25, -0.2) is 0 Å². The number of benzene rings is 2. The zero-order valence-electron chi connectivity index (χ0n) is 22.6. The van der Waals surface area contributed by atoms with Crippen LogP contribution < -0.4 is 4.74 Å². The van der Waals surface area contributed by atoms with Gasteiger partial charge in [0.25, 0.3) is 0 Å². The fourth-order valence-corrected chi connectivity index (χ4v) is 4.97. The number of ether oxygens (including phenoxy) is 1. The van der Waals surface area contributed by atoms with Crippen molar-refractivity contribution in [3.63, 3.8) is 0 Å². The molecule has 0 amide bonds. The lowest BCUT2D eigenvalue weighted by atomic mass is 9.97. The standard InChI is InChI=1S/C33H40N2O2/c1-4-6-21-34(22-7-5-2)23-13-25-37-29-19-17-28(18-20-29)33(36)32-31(27-14-9-8-10-15-27)26(3)30-16-11-12-24-35(30)32/h8-12,14-20,24H,4-7,13,21-23,25H2,1-3H3. The van der Waals surface area contributed by atoms with Gasteiger partial charge >= 0.3 is 0 Å². The Morgan fingerprint density at radius 3 is 2.14 bits per heavy atom. The molecule has 2 heterocycles. The molecule has 0 aliphatic carbocycles. The van der Waals surface area contributed by atoms with Gasteiger partial charge in [-0.3, -0.25) is 4.79 Å². The Labute approximate surface area is 221 Å². The van der Waals surface area contributed by atoms with Crippen molar-refractivity contribution < 1.29 is 9.53 Å². The van der Waals surface area contributed by atoms with E-state index in [0.717, 1.165) is 40.9 Å². The maximum atomic E-state index is 13.8. The van der Waals surface area contributed by atoms with Gasteiger partial charge in [0.15, 0.2) is 0 Å². The van der Waals surface area contributed by atoms with Gasteiger partial charge in [-0.05, 0) is 86.8 Å². The molecule has 0 bridgehead atoms. The zero-order chi connectivity index (χ0) is 26.0. The SMILES string of the molecule is CCCCN(CCCC)CCCOc1ccc(C(=O)c2c(-c3ccccc3)c(C)c3ccccn23)cc1. The summed E-state index contributed by atoms with van der Waals surface area (Å²) in [7, 11) is 0. The predicted molar refractivity (Wildman–Crippen MR) is 154 cm³/mol. The number of ketones is 1. The van der Waals surface area contributed by atoms with E-state index in [1.165, 1.54) is 38.8 Å². The molecule has 0 unspecified atom stereocenters. The highest BCUT2D eigenvalue weighted by atomic mass is 16.5. The molecule has 0 atom stereocenters. The summed E-state index contributed by atoms with van der Waals surface area (Å²) in [4.78, 5) is 16.4. The quantitative estimate of drug-likeness (QED) is 0.132. The third kappa shape index (κ3) is 6.50. The van der Waals surface area contributed by atoms with Gasteiger partial charge < -0.3 is 14.0 Å².